The number of aliphatic carboxylic acids is 1. The molecule has 0 aliphatic heterocycles. The molecule has 1 aromatic heterocycles. The number of nitrogens with one attached hydrogen (secondary N) is 1. The van der Waals surface area contributed by atoms with Crippen molar-refractivity contribution in [3.8, 4) is 0 Å². The van der Waals surface area contributed by atoms with Crippen LogP contribution in [-0.4, -0.2) is 34.7 Å². The molecule has 0 fully saturated rings. The Kier molecular flexibility index (Phi) is 5.11. The smallest absolute Gasteiger partial charge is 0.326 e. The van der Waals surface area contributed by atoms with Gasteiger partial charge >= 0.3 is 5.97 Å². The number of hydrogen-bond donors (Lipinski definition) is 3. The van der Waals surface area contributed by atoms with Crippen LogP contribution in [0, 0.1) is 0 Å². The molecule has 0 aliphatic carbocycles. The Labute approximate surface area is 103 Å². The second-order valence-electron chi connectivity index (χ2n) is 3.50. The van der Waals surface area contributed by atoms with Crippen molar-refractivity contribution in [2.24, 2.45) is 0 Å². The number of aryl methyl sites for hydroxylation is 1. The topological polar surface area (TPSA) is 86.6 Å². The number of aliphatic hydroxyl groups is 1. The maximum Gasteiger partial charge on any atom is 0.326 e. The lowest BCUT2D eigenvalue weighted by Crippen LogP contribution is -2.41. The van der Waals surface area contributed by atoms with Gasteiger partial charge in [-0.15, -0.1) is 11.3 Å². The monoisotopic (exact) mass is 257 g/mol. The summed E-state index contributed by atoms with van der Waals surface area (Å²) in [5.74, 6) is -1.55. The number of carboxylic acids is 1. The molecule has 1 amide bonds. The molecule has 1 aromatic rings. The predicted molar refractivity (Wildman–Crippen MR) is 64.3 cm³/mol. The largest absolute Gasteiger partial charge is 0.480 e. The first-order valence-electron chi connectivity index (χ1n) is 5.31. The summed E-state index contributed by atoms with van der Waals surface area (Å²) >= 11 is 1.35. The van der Waals surface area contributed by atoms with Gasteiger partial charge in [-0.2, -0.15) is 0 Å². The molecule has 1 atom stereocenters. The summed E-state index contributed by atoms with van der Waals surface area (Å²) in [6, 6.07) is 2.48. The van der Waals surface area contributed by atoms with E-state index in [4.69, 9.17) is 10.2 Å². The van der Waals surface area contributed by atoms with Gasteiger partial charge in [0, 0.05) is 17.9 Å². The molecule has 0 bridgehead atoms. The van der Waals surface area contributed by atoms with E-state index in [1.54, 1.807) is 6.07 Å². The third-order valence-electron chi connectivity index (χ3n) is 2.26. The van der Waals surface area contributed by atoms with Gasteiger partial charge in [0.25, 0.3) is 5.91 Å². The highest BCUT2D eigenvalue weighted by atomic mass is 32.1. The van der Waals surface area contributed by atoms with Crippen molar-refractivity contribution in [1.29, 1.82) is 0 Å². The lowest BCUT2D eigenvalue weighted by atomic mass is 10.2. The second kappa shape index (κ2) is 6.36. The Morgan fingerprint density at radius 1 is 1.47 bits per heavy atom. The van der Waals surface area contributed by atoms with E-state index in [1.165, 1.54) is 11.3 Å². The fourth-order valence-electron chi connectivity index (χ4n) is 1.31. The zero-order chi connectivity index (χ0) is 12.8. The minimum atomic E-state index is -1.14. The molecular weight excluding hydrogens is 242 g/mol. The average Bonchev–Trinajstić information content (AvgIpc) is 2.76. The summed E-state index contributed by atoms with van der Waals surface area (Å²) in [5, 5.41) is 19.9. The van der Waals surface area contributed by atoms with E-state index in [0.29, 0.717) is 4.88 Å². The SMILES string of the molecule is CCc1ccc(C(=O)N[C@H](CCO)C(=O)O)s1. The third kappa shape index (κ3) is 3.83. The second-order valence-corrected chi connectivity index (χ2v) is 4.66. The van der Waals surface area contributed by atoms with E-state index >= 15 is 0 Å². The van der Waals surface area contributed by atoms with Crippen molar-refractivity contribution < 1.29 is 19.8 Å². The lowest BCUT2D eigenvalue weighted by molar-refractivity contribution is -0.139. The minimum Gasteiger partial charge on any atom is -0.480 e. The van der Waals surface area contributed by atoms with Crippen LogP contribution in [0.5, 0.6) is 0 Å². The highest BCUT2D eigenvalue weighted by Gasteiger charge is 2.20. The first-order chi connectivity index (χ1) is 8.08. The van der Waals surface area contributed by atoms with E-state index < -0.39 is 17.9 Å². The lowest BCUT2D eigenvalue weighted by Gasteiger charge is -2.12. The molecule has 1 rings (SSSR count). The summed E-state index contributed by atoms with van der Waals surface area (Å²) in [6.07, 6.45) is 0.851. The van der Waals surface area contributed by atoms with Crippen molar-refractivity contribution in [2.75, 3.05) is 6.61 Å². The Morgan fingerprint density at radius 3 is 2.65 bits per heavy atom. The fraction of sp³-hybridized carbons (Fsp3) is 0.455. The molecule has 0 spiro atoms. The quantitative estimate of drug-likeness (QED) is 0.706. The number of hydrogen-bond acceptors (Lipinski definition) is 4. The Morgan fingerprint density at radius 2 is 2.18 bits per heavy atom. The van der Waals surface area contributed by atoms with E-state index in [0.717, 1.165) is 11.3 Å². The summed E-state index contributed by atoms with van der Waals surface area (Å²) in [7, 11) is 0. The molecule has 3 N–H and O–H groups in total. The fourth-order valence-corrected chi connectivity index (χ4v) is 2.16. The Bertz CT molecular complexity index is 402. The van der Waals surface area contributed by atoms with Crippen LogP contribution in [0.1, 0.15) is 27.9 Å². The third-order valence-corrected chi connectivity index (χ3v) is 3.48. The molecule has 6 heteroatoms. The Balaban J connectivity index is 2.66. The van der Waals surface area contributed by atoms with Crippen LogP contribution in [0.4, 0.5) is 0 Å². The van der Waals surface area contributed by atoms with E-state index in [9.17, 15) is 9.59 Å². The van der Waals surface area contributed by atoms with Crippen molar-refractivity contribution in [3.05, 3.63) is 21.9 Å². The van der Waals surface area contributed by atoms with Crippen LogP contribution in [0.25, 0.3) is 0 Å². The van der Waals surface area contributed by atoms with Gasteiger partial charge in [-0.05, 0) is 18.6 Å². The summed E-state index contributed by atoms with van der Waals surface area (Å²) in [5.41, 5.74) is 0. The minimum absolute atomic E-state index is 0.00703. The van der Waals surface area contributed by atoms with E-state index in [1.807, 2.05) is 13.0 Å². The molecular formula is C11H15NO4S. The van der Waals surface area contributed by atoms with Gasteiger partial charge < -0.3 is 15.5 Å². The molecule has 0 aromatic carbocycles. The van der Waals surface area contributed by atoms with Crippen molar-refractivity contribution in [3.63, 3.8) is 0 Å². The van der Waals surface area contributed by atoms with E-state index in [-0.39, 0.29) is 13.0 Å². The van der Waals surface area contributed by atoms with Crippen LogP contribution in [0.15, 0.2) is 12.1 Å². The first-order valence-corrected chi connectivity index (χ1v) is 6.13. The zero-order valence-corrected chi connectivity index (χ0v) is 10.3. The number of rotatable bonds is 6. The van der Waals surface area contributed by atoms with Crippen molar-refractivity contribution in [1.82, 2.24) is 5.32 Å². The average molecular weight is 257 g/mol. The number of aliphatic hydroxyl groups excluding tert-OH is 1. The molecule has 94 valence electrons. The maximum absolute atomic E-state index is 11.7. The number of carboxylic acid groups (broad SMARTS) is 1. The highest BCUT2D eigenvalue weighted by molar-refractivity contribution is 7.14. The molecule has 0 aliphatic rings. The maximum atomic E-state index is 11.7. The predicted octanol–water partition coefficient (Wildman–Crippen LogP) is 0.876. The van der Waals surface area contributed by atoms with Crippen LogP contribution in [-0.2, 0) is 11.2 Å². The molecule has 0 unspecified atom stereocenters. The normalized spacial score (nSPS) is 12.1. The zero-order valence-electron chi connectivity index (χ0n) is 9.47. The van der Waals surface area contributed by atoms with Crippen LogP contribution >= 0.6 is 11.3 Å². The van der Waals surface area contributed by atoms with Gasteiger partial charge in [0.15, 0.2) is 0 Å². The van der Waals surface area contributed by atoms with Gasteiger partial charge in [-0.3, -0.25) is 4.79 Å². The molecule has 0 saturated carbocycles. The Hall–Kier alpha value is -1.40. The van der Waals surface area contributed by atoms with Crippen LogP contribution in [0.2, 0.25) is 0 Å². The molecule has 0 saturated heterocycles. The van der Waals surface area contributed by atoms with Crippen LogP contribution in [0.3, 0.4) is 0 Å². The van der Waals surface area contributed by atoms with Crippen LogP contribution < -0.4 is 5.32 Å². The summed E-state index contributed by atoms with van der Waals surface area (Å²) in [6.45, 7) is 1.71. The standard InChI is InChI=1S/C11H15NO4S/c1-2-7-3-4-9(17-7)10(14)12-8(5-6-13)11(15)16/h3-4,8,13H,2,5-6H2,1H3,(H,12,14)(H,15,16)/t8-/m1/s1. The highest BCUT2D eigenvalue weighted by Crippen LogP contribution is 2.16. The first kappa shape index (κ1) is 13.7. The number of amides is 1. The van der Waals surface area contributed by atoms with E-state index in [2.05, 4.69) is 5.32 Å². The van der Waals surface area contributed by atoms with Crippen molar-refractivity contribution in [2.45, 2.75) is 25.8 Å². The number of thiophene rings is 1. The van der Waals surface area contributed by atoms with Gasteiger partial charge in [-0.1, -0.05) is 6.92 Å². The molecule has 0 radical (unpaired) electrons. The number of carbonyl (C=O) groups excluding carboxylic acids is 1. The van der Waals surface area contributed by atoms with Gasteiger partial charge in [0.05, 0.1) is 4.88 Å². The van der Waals surface area contributed by atoms with Gasteiger partial charge in [0.1, 0.15) is 6.04 Å². The number of carbonyl (C=O) groups is 2. The van der Waals surface area contributed by atoms with Gasteiger partial charge in [-0.25, -0.2) is 4.79 Å². The molecule has 17 heavy (non-hydrogen) atoms. The van der Waals surface area contributed by atoms with Crippen molar-refractivity contribution >= 4 is 23.2 Å². The molecule has 5 nitrogen and oxygen atoms in total. The molecule has 1 heterocycles. The summed E-state index contributed by atoms with van der Waals surface area (Å²) in [4.78, 5) is 24.1. The summed E-state index contributed by atoms with van der Waals surface area (Å²) < 4.78 is 0. The van der Waals surface area contributed by atoms with Gasteiger partial charge in [0.2, 0.25) is 0 Å².